The molecule has 0 aromatic carbocycles. The second kappa shape index (κ2) is 2.71. The molecule has 0 spiro atoms. The molecule has 3 heteroatoms. The Morgan fingerprint density at radius 2 is 2.00 bits per heavy atom. The molecular formula is C10H17O3-. The Bertz CT molecular complexity index is 225. The van der Waals surface area contributed by atoms with Gasteiger partial charge in [-0.1, -0.05) is 13.8 Å². The van der Waals surface area contributed by atoms with Crippen LogP contribution in [0.4, 0.5) is 0 Å². The summed E-state index contributed by atoms with van der Waals surface area (Å²) in [6.45, 7) is 7.22. The Kier molecular flexibility index (Phi) is 2.19. The predicted molar refractivity (Wildman–Crippen MR) is 46.7 cm³/mol. The molecule has 2 atom stereocenters. The molecule has 2 unspecified atom stereocenters. The zero-order valence-corrected chi connectivity index (χ0v) is 8.63. The first kappa shape index (κ1) is 10.5. The summed E-state index contributed by atoms with van der Waals surface area (Å²) in [6.07, 6.45) is 0.526. The Morgan fingerprint density at radius 3 is 2.23 bits per heavy atom. The number of carbonyl (C=O) groups is 1. The number of aliphatic carboxylic acids is 1. The second-order valence-electron chi connectivity index (χ2n) is 5.24. The van der Waals surface area contributed by atoms with Gasteiger partial charge in [0.25, 0.3) is 0 Å². The third-order valence-corrected chi connectivity index (χ3v) is 3.02. The average molecular weight is 185 g/mol. The van der Waals surface area contributed by atoms with Crippen LogP contribution in [0, 0.1) is 17.3 Å². The number of carbonyl (C=O) groups excluding carboxylic acids is 1. The highest BCUT2D eigenvalue weighted by Gasteiger charge is 2.59. The van der Waals surface area contributed by atoms with Gasteiger partial charge in [0.05, 0.1) is 5.60 Å². The van der Waals surface area contributed by atoms with E-state index in [4.69, 9.17) is 0 Å². The van der Waals surface area contributed by atoms with Crippen molar-refractivity contribution in [3.05, 3.63) is 0 Å². The fourth-order valence-electron chi connectivity index (χ4n) is 2.13. The summed E-state index contributed by atoms with van der Waals surface area (Å²) in [6, 6.07) is 0. The maximum absolute atomic E-state index is 10.7. The number of rotatable bonds is 3. The van der Waals surface area contributed by atoms with Gasteiger partial charge in [-0.05, 0) is 31.6 Å². The van der Waals surface area contributed by atoms with Crippen LogP contribution in [0.2, 0.25) is 0 Å². The van der Waals surface area contributed by atoms with Crippen molar-refractivity contribution in [1.82, 2.24) is 0 Å². The lowest BCUT2D eigenvalue weighted by Crippen LogP contribution is -2.27. The lowest BCUT2D eigenvalue weighted by atomic mass is 9.97. The first-order chi connectivity index (χ1) is 5.66. The first-order valence-corrected chi connectivity index (χ1v) is 4.59. The summed E-state index contributed by atoms with van der Waals surface area (Å²) >= 11 is 0. The van der Waals surface area contributed by atoms with Crippen LogP contribution in [0.5, 0.6) is 0 Å². The second-order valence-corrected chi connectivity index (χ2v) is 5.24. The molecule has 1 aliphatic carbocycles. The Hall–Kier alpha value is -0.570. The Morgan fingerprint density at radius 1 is 1.54 bits per heavy atom. The van der Waals surface area contributed by atoms with Gasteiger partial charge in [0.2, 0.25) is 0 Å². The monoisotopic (exact) mass is 185 g/mol. The van der Waals surface area contributed by atoms with Gasteiger partial charge in [0.15, 0.2) is 0 Å². The van der Waals surface area contributed by atoms with Crippen LogP contribution in [0.3, 0.4) is 0 Å². The van der Waals surface area contributed by atoms with Gasteiger partial charge < -0.3 is 15.0 Å². The van der Waals surface area contributed by atoms with Crippen LogP contribution in [0.1, 0.15) is 34.1 Å². The molecule has 0 aliphatic heterocycles. The van der Waals surface area contributed by atoms with E-state index in [2.05, 4.69) is 0 Å². The van der Waals surface area contributed by atoms with E-state index < -0.39 is 11.6 Å². The Balaban J connectivity index is 2.61. The van der Waals surface area contributed by atoms with Crippen molar-refractivity contribution in [3.63, 3.8) is 0 Å². The van der Waals surface area contributed by atoms with Crippen LogP contribution >= 0.6 is 0 Å². The van der Waals surface area contributed by atoms with E-state index in [0.717, 1.165) is 0 Å². The van der Waals surface area contributed by atoms with E-state index in [1.54, 1.807) is 13.8 Å². The van der Waals surface area contributed by atoms with Gasteiger partial charge in [-0.3, -0.25) is 0 Å². The fraction of sp³-hybridized carbons (Fsp3) is 0.900. The molecule has 3 nitrogen and oxygen atoms in total. The number of carboxylic acids is 1. The molecule has 0 amide bonds. The summed E-state index contributed by atoms with van der Waals surface area (Å²) in [5.41, 5.74) is -0.995. The molecular weight excluding hydrogens is 168 g/mol. The minimum atomic E-state index is -0.987. The molecule has 1 saturated carbocycles. The molecule has 0 aromatic rings. The maximum Gasteiger partial charge on any atom is 0.0594 e. The zero-order valence-electron chi connectivity index (χ0n) is 8.63. The zero-order chi connectivity index (χ0) is 10.4. The molecule has 0 bridgehead atoms. The number of carboxylic acid groups (broad SMARTS) is 1. The van der Waals surface area contributed by atoms with E-state index in [1.807, 2.05) is 13.8 Å². The lowest BCUT2D eigenvalue weighted by Gasteiger charge is -2.17. The van der Waals surface area contributed by atoms with Crippen molar-refractivity contribution in [2.24, 2.45) is 17.3 Å². The van der Waals surface area contributed by atoms with Gasteiger partial charge >= 0.3 is 0 Å². The van der Waals surface area contributed by atoms with E-state index in [0.29, 0.717) is 6.42 Å². The highest BCUT2D eigenvalue weighted by molar-refractivity contribution is 5.73. The third-order valence-electron chi connectivity index (χ3n) is 3.02. The third kappa shape index (κ3) is 2.02. The van der Waals surface area contributed by atoms with Gasteiger partial charge in [-0.25, -0.2) is 0 Å². The Labute approximate surface area is 78.8 Å². The highest BCUT2D eigenvalue weighted by Crippen LogP contribution is 2.60. The van der Waals surface area contributed by atoms with Crippen LogP contribution in [0.15, 0.2) is 0 Å². The summed E-state index contributed by atoms with van der Waals surface area (Å²) in [7, 11) is 0. The van der Waals surface area contributed by atoms with Crippen molar-refractivity contribution in [1.29, 1.82) is 0 Å². The molecule has 1 aliphatic rings. The SMILES string of the molecule is CC(C)(O)CC1C(C(=O)[O-])C1(C)C. The topological polar surface area (TPSA) is 60.4 Å². The molecule has 1 fully saturated rings. The normalized spacial score (nSPS) is 31.5. The van der Waals surface area contributed by atoms with Crippen LogP contribution in [-0.4, -0.2) is 16.7 Å². The number of hydrogen-bond donors (Lipinski definition) is 1. The van der Waals surface area contributed by atoms with E-state index in [-0.39, 0.29) is 17.3 Å². The standard InChI is InChI=1S/C10H18O3/c1-9(2,13)5-6-7(8(11)12)10(6,3)4/h6-7,13H,5H2,1-4H3,(H,11,12)/p-1. The van der Waals surface area contributed by atoms with E-state index >= 15 is 0 Å². The maximum atomic E-state index is 10.7. The smallest absolute Gasteiger partial charge is 0.0594 e. The molecule has 0 aromatic heterocycles. The predicted octanol–water partition coefficient (Wildman–Crippen LogP) is 0.169. The van der Waals surface area contributed by atoms with Crippen LogP contribution in [-0.2, 0) is 4.79 Å². The van der Waals surface area contributed by atoms with E-state index in [9.17, 15) is 15.0 Å². The van der Waals surface area contributed by atoms with Gasteiger partial charge in [0, 0.05) is 11.9 Å². The first-order valence-electron chi connectivity index (χ1n) is 4.59. The van der Waals surface area contributed by atoms with Crippen molar-refractivity contribution < 1.29 is 15.0 Å². The molecule has 13 heavy (non-hydrogen) atoms. The number of hydrogen-bond acceptors (Lipinski definition) is 3. The quantitative estimate of drug-likeness (QED) is 0.681. The van der Waals surface area contributed by atoms with Crippen molar-refractivity contribution >= 4 is 5.97 Å². The van der Waals surface area contributed by atoms with Crippen molar-refractivity contribution in [3.8, 4) is 0 Å². The van der Waals surface area contributed by atoms with Gasteiger partial charge in [-0.15, -0.1) is 0 Å². The molecule has 0 heterocycles. The molecule has 76 valence electrons. The molecule has 1 rings (SSSR count). The summed E-state index contributed by atoms with van der Waals surface area (Å²) in [5, 5.41) is 20.2. The van der Waals surface area contributed by atoms with E-state index in [1.165, 1.54) is 0 Å². The number of aliphatic hydroxyl groups is 1. The van der Waals surface area contributed by atoms with Gasteiger partial charge in [-0.2, -0.15) is 0 Å². The highest BCUT2D eigenvalue weighted by atomic mass is 16.4. The molecule has 1 N–H and O–H groups in total. The van der Waals surface area contributed by atoms with Gasteiger partial charge in [0.1, 0.15) is 0 Å². The van der Waals surface area contributed by atoms with Crippen LogP contribution in [0.25, 0.3) is 0 Å². The van der Waals surface area contributed by atoms with Crippen molar-refractivity contribution in [2.75, 3.05) is 0 Å². The largest absolute Gasteiger partial charge is 0.550 e. The minimum absolute atomic E-state index is 0.0532. The minimum Gasteiger partial charge on any atom is -0.550 e. The molecule has 0 radical (unpaired) electrons. The van der Waals surface area contributed by atoms with Crippen LogP contribution < -0.4 is 5.11 Å². The molecule has 0 saturated heterocycles. The summed E-state index contributed by atoms with van der Waals surface area (Å²) in [4.78, 5) is 10.7. The average Bonchev–Trinajstić information content (AvgIpc) is 2.28. The summed E-state index contributed by atoms with van der Waals surface area (Å²) in [5.74, 6) is -1.32. The fourth-order valence-corrected chi connectivity index (χ4v) is 2.13. The van der Waals surface area contributed by atoms with Crippen molar-refractivity contribution in [2.45, 2.75) is 39.7 Å². The summed E-state index contributed by atoms with van der Waals surface area (Å²) < 4.78 is 0. The lowest BCUT2D eigenvalue weighted by molar-refractivity contribution is -0.309.